The summed E-state index contributed by atoms with van der Waals surface area (Å²) in [5.74, 6) is -1.25. The lowest BCUT2D eigenvalue weighted by molar-refractivity contribution is -0.129. The van der Waals surface area contributed by atoms with Crippen LogP contribution in [-0.2, 0) is 21.6 Å². The van der Waals surface area contributed by atoms with Gasteiger partial charge in [-0.15, -0.1) is 0 Å². The number of benzene rings is 4. The summed E-state index contributed by atoms with van der Waals surface area (Å²) in [6, 6.07) is 34.1. The minimum absolute atomic E-state index is 0.0599. The Balaban J connectivity index is 0.931. The molecule has 2 aromatic heterocycles. The molecule has 6 atom stereocenters. The molecule has 12 rings (SSSR count). The second-order valence-electron chi connectivity index (χ2n) is 21.3. The monoisotopic (exact) mass is 974 g/mol. The number of hydrogen-bond donors (Lipinski definition) is 0. The highest BCUT2D eigenvalue weighted by molar-refractivity contribution is 5.95. The van der Waals surface area contributed by atoms with Crippen LogP contribution in [0.1, 0.15) is 86.4 Å². The number of amides is 2. The summed E-state index contributed by atoms with van der Waals surface area (Å²) in [5, 5.41) is 0.310. The summed E-state index contributed by atoms with van der Waals surface area (Å²) >= 11 is 0. The van der Waals surface area contributed by atoms with Crippen molar-refractivity contribution < 1.29 is 32.2 Å². The first-order valence-corrected chi connectivity index (χ1v) is 25.2. The maximum atomic E-state index is 18.0. The van der Waals surface area contributed by atoms with Crippen LogP contribution in [0.3, 0.4) is 0 Å². The van der Waals surface area contributed by atoms with Gasteiger partial charge >= 0.3 is 12.1 Å². The van der Waals surface area contributed by atoms with Gasteiger partial charge in [-0.05, 0) is 81.3 Å². The fourth-order valence-electron chi connectivity index (χ4n) is 12.6. The Morgan fingerprint density at radius 1 is 0.806 bits per heavy atom. The molecule has 6 aromatic rings. The van der Waals surface area contributed by atoms with Gasteiger partial charge in [0.25, 0.3) is 0 Å². The molecule has 0 N–H and O–H groups in total. The zero-order chi connectivity index (χ0) is 49.5. The first-order valence-electron chi connectivity index (χ1n) is 25.2. The fraction of sp³-hybridized carbons (Fsp3) is 0.386. The highest BCUT2D eigenvalue weighted by Crippen LogP contribution is 2.50. The third-order valence-corrected chi connectivity index (χ3v) is 15.7. The van der Waals surface area contributed by atoms with E-state index in [1.165, 1.54) is 18.5 Å². The van der Waals surface area contributed by atoms with Gasteiger partial charge < -0.3 is 19.3 Å². The Hall–Kier alpha value is -6.84. The van der Waals surface area contributed by atoms with Crippen molar-refractivity contribution in [1.29, 1.82) is 0 Å². The lowest BCUT2D eigenvalue weighted by Crippen LogP contribution is -2.57. The maximum absolute atomic E-state index is 18.0. The molecule has 15 heteroatoms. The average molecular weight is 975 g/mol. The summed E-state index contributed by atoms with van der Waals surface area (Å²) in [6.45, 7) is 8.03. The largest absolute Gasteiger partial charge is 0.461 e. The molecule has 8 heterocycles. The summed E-state index contributed by atoms with van der Waals surface area (Å²) in [6.07, 6.45) is 5.19. The van der Waals surface area contributed by atoms with Crippen LogP contribution in [0.25, 0.3) is 16.5 Å². The van der Waals surface area contributed by atoms with Gasteiger partial charge in [0.1, 0.15) is 47.3 Å². The molecule has 0 radical (unpaired) electrons. The van der Waals surface area contributed by atoms with Crippen LogP contribution in [0.4, 0.5) is 23.8 Å². The molecule has 2 amide bonds. The molecule has 4 aromatic carbocycles. The number of anilines is 1. The van der Waals surface area contributed by atoms with Crippen LogP contribution < -0.4 is 9.64 Å². The predicted molar refractivity (Wildman–Crippen MR) is 267 cm³/mol. The van der Waals surface area contributed by atoms with Gasteiger partial charge in [0.05, 0.1) is 35.1 Å². The first-order chi connectivity index (χ1) is 34.8. The number of halogens is 3. The zero-order valence-corrected chi connectivity index (χ0v) is 40.7. The van der Waals surface area contributed by atoms with Crippen molar-refractivity contribution in [2.24, 2.45) is 0 Å². The number of alkyl halides is 1. The van der Waals surface area contributed by atoms with Crippen LogP contribution in [-0.4, -0.2) is 121 Å². The topological polar surface area (TPSA) is 107 Å². The molecule has 0 spiro atoms. The van der Waals surface area contributed by atoms with Gasteiger partial charge in [-0.3, -0.25) is 24.5 Å². The van der Waals surface area contributed by atoms with E-state index in [9.17, 15) is 9.18 Å². The second-order valence-corrected chi connectivity index (χ2v) is 21.3. The SMILES string of the molecule is CC(C)(C)OC(=O)N1C2CCC1CN(c1nc(OC[C@@]34CCCN3C[C@H](F)C4)nc3c(F)c(C4=CN(C(=O)[C@@H]5CN5C(c5ccccc5)(c5ccccc5)c5ccccc5)Cc5cccc(F)c54)ncc13)C2. The maximum Gasteiger partial charge on any atom is 0.410 e. The van der Waals surface area contributed by atoms with Crippen LogP contribution in [0.15, 0.2) is 122 Å². The van der Waals surface area contributed by atoms with E-state index >= 15 is 13.6 Å². The average Bonchev–Trinajstić information content (AvgIpc) is 3.88. The van der Waals surface area contributed by atoms with Crippen molar-refractivity contribution in [3.63, 3.8) is 0 Å². The number of carbonyl (C=O) groups is 2. The number of nitrogens with zero attached hydrogens (tertiary/aromatic N) is 8. The van der Waals surface area contributed by atoms with E-state index in [4.69, 9.17) is 24.4 Å². The van der Waals surface area contributed by atoms with Crippen molar-refractivity contribution in [2.45, 2.75) is 100 Å². The number of pyridine rings is 1. The molecule has 6 aliphatic rings. The number of aromatic nitrogens is 3. The Kier molecular flexibility index (Phi) is 11.4. The molecule has 3 unspecified atom stereocenters. The van der Waals surface area contributed by atoms with Gasteiger partial charge in [0.15, 0.2) is 5.82 Å². The minimum atomic E-state index is -0.981. The number of piperazine rings is 1. The third kappa shape index (κ3) is 7.86. The zero-order valence-electron chi connectivity index (χ0n) is 40.7. The molecule has 2 bridgehead atoms. The Labute approximate surface area is 417 Å². The third-order valence-electron chi connectivity index (χ3n) is 15.7. The lowest BCUT2D eigenvalue weighted by Gasteiger charge is -2.42. The van der Waals surface area contributed by atoms with Crippen molar-refractivity contribution >= 4 is 34.3 Å². The number of rotatable bonds is 10. The quantitative estimate of drug-likeness (QED) is 0.0975. The normalized spacial score (nSPS) is 24.8. The molecule has 12 nitrogen and oxygen atoms in total. The predicted octanol–water partition coefficient (Wildman–Crippen LogP) is 9.25. The molecular formula is C57H57F3N8O4. The van der Waals surface area contributed by atoms with Crippen LogP contribution >= 0.6 is 0 Å². The van der Waals surface area contributed by atoms with Gasteiger partial charge in [-0.25, -0.2) is 18.0 Å². The van der Waals surface area contributed by atoms with E-state index < -0.39 is 40.5 Å². The summed E-state index contributed by atoms with van der Waals surface area (Å²) < 4.78 is 61.4. The lowest BCUT2D eigenvalue weighted by atomic mass is 9.76. The molecule has 370 valence electrons. The summed E-state index contributed by atoms with van der Waals surface area (Å²) in [7, 11) is 0. The van der Waals surface area contributed by atoms with Crippen molar-refractivity contribution in [3.05, 3.63) is 167 Å². The van der Waals surface area contributed by atoms with Crippen LogP contribution in [0.2, 0.25) is 0 Å². The van der Waals surface area contributed by atoms with Crippen LogP contribution in [0.5, 0.6) is 6.01 Å². The molecule has 72 heavy (non-hydrogen) atoms. The highest BCUT2D eigenvalue weighted by atomic mass is 19.1. The van der Waals surface area contributed by atoms with Gasteiger partial charge in [-0.2, -0.15) is 9.97 Å². The summed E-state index contributed by atoms with van der Waals surface area (Å²) in [4.78, 5) is 52.8. The number of fused-ring (bicyclic) bond motifs is 5. The molecule has 0 saturated carbocycles. The minimum Gasteiger partial charge on any atom is -0.461 e. The molecular weight excluding hydrogens is 918 g/mol. The van der Waals surface area contributed by atoms with E-state index in [-0.39, 0.29) is 65.6 Å². The number of carbonyl (C=O) groups excluding carboxylic acids is 2. The molecule has 5 saturated heterocycles. The van der Waals surface area contributed by atoms with Crippen molar-refractivity contribution in [2.75, 3.05) is 44.2 Å². The van der Waals surface area contributed by atoms with E-state index in [0.717, 1.165) is 48.9 Å². The molecule has 0 aliphatic carbocycles. The van der Waals surface area contributed by atoms with E-state index in [2.05, 4.69) is 46.2 Å². The Morgan fingerprint density at radius 3 is 2.10 bits per heavy atom. The highest BCUT2D eigenvalue weighted by Gasteiger charge is 2.57. The fourth-order valence-corrected chi connectivity index (χ4v) is 12.6. The van der Waals surface area contributed by atoms with Crippen LogP contribution in [0, 0.1) is 11.6 Å². The Bertz CT molecular complexity index is 2990. The second kappa shape index (κ2) is 17.7. The van der Waals surface area contributed by atoms with E-state index in [1.54, 1.807) is 17.0 Å². The van der Waals surface area contributed by atoms with E-state index in [0.29, 0.717) is 49.4 Å². The summed E-state index contributed by atoms with van der Waals surface area (Å²) in [5.41, 5.74) is 1.45. The van der Waals surface area contributed by atoms with Crippen molar-refractivity contribution in [3.8, 4) is 6.01 Å². The van der Waals surface area contributed by atoms with Gasteiger partial charge in [-0.1, -0.05) is 103 Å². The standard InChI is InChI=1S/C57H57F3N8O4/c1-55(2,3)72-54(70)68-41-23-24-42(68)32-64(31-41)51-43-28-61-49(48(60)50(43)62-53(63-51)71-35-56-25-14-26-66(56)30-40(58)27-56)44-33-65(29-36-15-13-22-45(59)47(36)44)52(69)46-34-67(46)57(37-16-7-4-8-17-37,38-18-9-5-10-19-38)39-20-11-6-12-21-39/h4-13,15-22,28,33,40-42,46H,14,23-27,29-32,34-35H2,1-3H3/t40-,41?,42?,46+,56+,67?/m1/s1. The van der Waals surface area contributed by atoms with Gasteiger partial charge in [0, 0.05) is 56.1 Å². The number of ether oxygens (including phenoxy) is 2. The molecule has 6 aliphatic heterocycles. The number of hydrogen-bond acceptors (Lipinski definition) is 10. The van der Waals surface area contributed by atoms with E-state index in [1.807, 2.05) is 85.2 Å². The smallest absolute Gasteiger partial charge is 0.410 e. The van der Waals surface area contributed by atoms with Crippen molar-refractivity contribution in [1.82, 2.24) is 34.6 Å². The Morgan fingerprint density at radius 2 is 1.46 bits per heavy atom. The van der Waals surface area contributed by atoms with Gasteiger partial charge in [0.2, 0.25) is 5.91 Å². The first kappa shape index (κ1) is 46.2. The molecule has 5 fully saturated rings.